The summed E-state index contributed by atoms with van der Waals surface area (Å²) < 4.78 is 0. The van der Waals surface area contributed by atoms with Crippen molar-refractivity contribution in [3.63, 3.8) is 0 Å². The topological polar surface area (TPSA) is 6.48 Å². The van der Waals surface area contributed by atoms with Gasteiger partial charge < -0.3 is 9.80 Å². The van der Waals surface area contributed by atoms with Crippen molar-refractivity contribution < 1.29 is 0 Å². The molecule has 0 unspecified atom stereocenters. The molecule has 0 spiro atoms. The van der Waals surface area contributed by atoms with Gasteiger partial charge in [-0.25, -0.2) is 0 Å². The Hall–Kier alpha value is -5.58. The standard InChI is InChI=1S/C54H53BN2Si/c1-52(2,3)36-30-31-42-47(35-36)56(39-33-37(53(4,5)6)32-38(34-39)54(7,8)9)45-26-19-27-46-50(45)55(42)43-24-18-29-49-51(43)57(46)44-25-16-17-28-48(44)58(49,40-20-12-10-13-21-40)41-22-14-11-15-23-41/h10-35H,1-9H3. The van der Waals surface area contributed by atoms with Crippen molar-refractivity contribution in [3.05, 3.63) is 174 Å². The first-order valence-corrected chi connectivity index (χ1v) is 23.1. The van der Waals surface area contributed by atoms with Crippen molar-refractivity contribution in [1.82, 2.24) is 0 Å². The van der Waals surface area contributed by atoms with E-state index < -0.39 is 8.07 Å². The fourth-order valence-corrected chi connectivity index (χ4v) is 15.3. The molecule has 0 aliphatic carbocycles. The lowest BCUT2D eigenvalue weighted by molar-refractivity contribution is 0.569. The summed E-state index contributed by atoms with van der Waals surface area (Å²) in [7, 11) is -2.78. The van der Waals surface area contributed by atoms with E-state index in [9.17, 15) is 0 Å². The summed E-state index contributed by atoms with van der Waals surface area (Å²) in [5.41, 5.74) is 15.9. The number of hydrogen-bond donors (Lipinski definition) is 0. The summed E-state index contributed by atoms with van der Waals surface area (Å²) in [4.78, 5) is 5.26. The average Bonchev–Trinajstić information content (AvgIpc) is 3.21. The Morgan fingerprint density at radius 3 is 1.52 bits per heavy atom. The van der Waals surface area contributed by atoms with Crippen LogP contribution in [0.4, 0.5) is 34.1 Å². The highest BCUT2D eigenvalue weighted by Crippen LogP contribution is 2.47. The van der Waals surface area contributed by atoms with Crippen LogP contribution in [-0.4, -0.2) is 14.8 Å². The van der Waals surface area contributed by atoms with Crippen LogP contribution in [0.5, 0.6) is 0 Å². The molecule has 3 aliphatic rings. The molecule has 286 valence electrons. The lowest BCUT2D eigenvalue weighted by Crippen LogP contribution is -2.79. The first-order valence-electron chi connectivity index (χ1n) is 21.1. The highest BCUT2D eigenvalue weighted by atomic mass is 28.3. The van der Waals surface area contributed by atoms with Gasteiger partial charge in [0.2, 0.25) is 0 Å². The molecule has 10 rings (SSSR count). The quantitative estimate of drug-likeness (QED) is 0.166. The van der Waals surface area contributed by atoms with Crippen LogP contribution in [-0.2, 0) is 16.2 Å². The maximum Gasteiger partial charge on any atom is 0.252 e. The lowest BCUT2D eigenvalue weighted by atomic mass is 9.33. The minimum Gasteiger partial charge on any atom is -0.312 e. The molecule has 0 N–H and O–H groups in total. The van der Waals surface area contributed by atoms with Crippen molar-refractivity contribution in [2.45, 2.75) is 78.6 Å². The monoisotopic (exact) mass is 768 g/mol. The zero-order valence-corrected chi connectivity index (χ0v) is 36.5. The van der Waals surface area contributed by atoms with Crippen LogP contribution in [0.15, 0.2) is 158 Å². The zero-order chi connectivity index (χ0) is 40.4. The SMILES string of the molecule is CC(C)(C)c1cc(N2c3cc(C(C)(C)C)ccc3B3c4cccc5c4N(c4ccccc4[Si]5(c4ccccc4)c4ccccc4)c4cccc2c43)cc(C(C)(C)C)c1. The third kappa shape index (κ3) is 5.30. The molecule has 3 heterocycles. The smallest absolute Gasteiger partial charge is 0.252 e. The molecule has 0 fully saturated rings. The summed E-state index contributed by atoms with van der Waals surface area (Å²) in [5, 5.41) is 5.73. The summed E-state index contributed by atoms with van der Waals surface area (Å²) in [6.07, 6.45) is 0. The number of fused-ring (bicyclic) bond motifs is 6. The Labute approximate surface area is 347 Å². The van der Waals surface area contributed by atoms with Crippen LogP contribution in [0.3, 0.4) is 0 Å². The van der Waals surface area contributed by atoms with Crippen LogP contribution in [0, 0.1) is 0 Å². The molecule has 0 atom stereocenters. The molecule has 0 bridgehead atoms. The highest BCUT2D eigenvalue weighted by molar-refractivity contribution is 7.22. The second-order valence-electron chi connectivity index (χ2n) is 19.8. The van der Waals surface area contributed by atoms with Crippen molar-refractivity contribution >= 4 is 86.0 Å². The zero-order valence-electron chi connectivity index (χ0n) is 35.5. The van der Waals surface area contributed by atoms with Gasteiger partial charge in [-0.15, -0.1) is 0 Å². The number of anilines is 6. The van der Waals surface area contributed by atoms with E-state index in [2.05, 4.69) is 230 Å². The van der Waals surface area contributed by atoms with Gasteiger partial charge in [-0.05, 0) is 106 Å². The normalized spacial score (nSPS) is 15.0. The van der Waals surface area contributed by atoms with Gasteiger partial charge >= 0.3 is 0 Å². The molecule has 0 amide bonds. The maximum absolute atomic E-state index is 2.78. The highest BCUT2D eigenvalue weighted by Gasteiger charge is 2.53. The van der Waals surface area contributed by atoms with Crippen LogP contribution in [0.1, 0.15) is 79.0 Å². The van der Waals surface area contributed by atoms with Gasteiger partial charge in [-0.2, -0.15) is 0 Å². The van der Waals surface area contributed by atoms with E-state index in [1.54, 1.807) is 0 Å². The van der Waals surface area contributed by atoms with E-state index in [-0.39, 0.29) is 23.0 Å². The largest absolute Gasteiger partial charge is 0.312 e. The molecule has 0 radical (unpaired) electrons. The molecular formula is C54H53BN2Si. The van der Waals surface area contributed by atoms with E-state index in [0.717, 1.165) is 0 Å². The molecule has 58 heavy (non-hydrogen) atoms. The minimum atomic E-state index is -2.78. The van der Waals surface area contributed by atoms with Crippen LogP contribution in [0.25, 0.3) is 0 Å². The summed E-state index contributed by atoms with van der Waals surface area (Å²) >= 11 is 0. The third-order valence-electron chi connectivity index (χ3n) is 13.2. The van der Waals surface area contributed by atoms with Crippen molar-refractivity contribution in [1.29, 1.82) is 0 Å². The van der Waals surface area contributed by atoms with Gasteiger partial charge in [0.05, 0.1) is 0 Å². The molecule has 0 saturated carbocycles. The van der Waals surface area contributed by atoms with Gasteiger partial charge in [0.15, 0.2) is 8.07 Å². The molecule has 2 nitrogen and oxygen atoms in total. The molecule has 7 aromatic rings. The molecule has 0 aromatic heterocycles. The second-order valence-corrected chi connectivity index (χ2v) is 23.6. The first kappa shape index (κ1) is 36.7. The summed E-state index contributed by atoms with van der Waals surface area (Å²) in [6, 6.07) is 61.2. The molecular weight excluding hydrogens is 716 g/mol. The van der Waals surface area contributed by atoms with Crippen molar-refractivity contribution in [2.24, 2.45) is 0 Å². The lowest BCUT2D eigenvalue weighted by Gasteiger charge is -2.50. The third-order valence-corrected chi connectivity index (χ3v) is 18.0. The first-order chi connectivity index (χ1) is 27.7. The Morgan fingerprint density at radius 2 is 0.914 bits per heavy atom. The minimum absolute atomic E-state index is 0.0117. The van der Waals surface area contributed by atoms with E-state index in [1.807, 2.05) is 0 Å². The maximum atomic E-state index is 2.64. The Bertz CT molecular complexity index is 2680. The Morgan fingerprint density at radius 1 is 0.397 bits per heavy atom. The molecule has 4 heteroatoms. The molecule has 3 aliphatic heterocycles. The second kappa shape index (κ2) is 12.7. The fourth-order valence-electron chi connectivity index (χ4n) is 10.2. The predicted octanol–water partition coefficient (Wildman–Crippen LogP) is 9.35. The number of nitrogens with zero attached hydrogens (tertiary/aromatic N) is 2. The number of para-hydroxylation sites is 2. The van der Waals surface area contributed by atoms with E-state index in [4.69, 9.17) is 0 Å². The summed E-state index contributed by atoms with van der Waals surface area (Å²) in [5.74, 6) is 0. The van der Waals surface area contributed by atoms with Gasteiger partial charge in [0, 0.05) is 34.1 Å². The van der Waals surface area contributed by atoms with E-state index >= 15 is 0 Å². The van der Waals surface area contributed by atoms with Gasteiger partial charge in [0.25, 0.3) is 6.71 Å². The predicted molar refractivity (Wildman–Crippen MR) is 254 cm³/mol. The average molecular weight is 769 g/mol. The Balaban J connectivity index is 1.33. The van der Waals surface area contributed by atoms with Crippen LogP contribution >= 0.6 is 0 Å². The number of hydrogen-bond acceptors (Lipinski definition) is 2. The number of rotatable bonds is 3. The van der Waals surface area contributed by atoms with Crippen molar-refractivity contribution in [2.75, 3.05) is 9.80 Å². The van der Waals surface area contributed by atoms with Crippen molar-refractivity contribution in [3.8, 4) is 0 Å². The fraction of sp³-hybridized carbons (Fsp3) is 0.222. The van der Waals surface area contributed by atoms with E-state index in [0.29, 0.717) is 0 Å². The van der Waals surface area contributed by atoms with Crippen LogP contribution in [0.2, 0.25) is 0 Å². The van der Waals surface area contributed by atoms with E-state index in [1.165, 1.54) is 87.9 Å². The van der Waals surface area contributed by atoms with Gasteiger partial charge in [-0.3, -0.25) is 0 Å². The summed E-state index contributed by atoms with van der Waals surface area (Å²) in [6.45, 7) is 21.2. The van der Waals surface area contributed by atoms with Gasteiger partial charge in [-0.1, -0.05) is 184 Å². The molecule has 0 saturated heterocycles. The number of benzene rings is 7. The Kier molecular flexibility index (Phi) is 8.05. The molecule has 7 aromatic carbocycles. The van der Waals surface area contributed by atoms with Gasteiger partial charge in [0.1, 0.15) is 0 Å². The van der Waals surface area contributed by atoms with Crippen LogP contribution < -0.4 is 46.9 Å².